The fourth-order valence-electron chi connectivity index (χ4n) is 1.49. The van der Waals surface area contributed by atoms with Crippen molar-refractivity contribution in [2.75, 3.05) is 5.73 Å². The van der Waals surface area contributed by atoms with Crippen LogP contribution >= 0.6 is 11.3 Å². The Bertz CT molecular complexity index is 448. The predicted octanol–water partition coefficient (Wildman–Crippen LogP) is 3.34. The molecule has 0 radical (unpaired) electrons. The lowest BCUT2D eigenvalue weighted by molar-refractivity contribution is 0.910. The Kier molecular flexibility index (Phi) is 3.02. The van der Waals surface area contributed by atoms with E-state index in [2.05, 4.69) is 17.3 Å². The highest BCUT2D eigenvalue weighted by Crippen LogP contribution is 2.27. The van der Waals surface area contributed by atoms with Gasteiger partial charge in [-0.2, -0.15) is 0 Å². The second-order valence-electron chi connectivity index (χ2n) is 3.46. The third kappa shape index (κ3) is 2.18. The smallest absolute Gasteiger partial charge is 0.0932 e. The summed E-state index contributed by atoms with van der Waals surface area (Å²) in [4.78, 5) is 4.57. The Morgan fingerprint density at radius 2 is 2.13 bits per heavy atom. The summed E-state index contributed by atoms with van der Waals surface area (Å²) in [6.45, 7) is 2.16. The van der Waals surface area contributed by atoms with E-state index in [0.717, 1.165) is 29.8 Å². The lowest BCUT2D eigenvalue weighted by Gasteiger charge is -2.00. The molecule has 0 aliphatic heterocycles. The average Bonchev–Trinajstić information content (AvgIpc) is 2.68. The monoisotopic (exact) mass is 218 g/mol. The van der Waals surface area contributed by atoms with Gasteiger partial charge in [-0.05, 0) is 18.9 Å². The second kappa shape index (κ2) is 4.45. The molecule has 0 saturated carbocycles. The molecule has 0 bridgehead atoms. The number of anilines is 1. The second-order valence-corrected chi connectivity index (χ2v) is 4.41. The van der Waals surface area contributed by atoms with Gasteiger partial charge in [0.1, 0.15) is 0 Å². The van der Waals surface area contributed by atoms with Gasteiger partial charge in [-0.25, -0.2) is 4.98 Å². The molecule has 0 spiro atoms. The minimum atomic E-state index is 0.797. The van der Waals surface area contributed by atoms with Crippen LogP contribution in [-0.2, 0) is 6.42 Å². The van der Waals surface area contributed by atoms with Gasteiger partial charge in [0, 0.05) is 16.6 Å². The van der Waals surface area contributed by atoms with Gasteiger partial charge in [0.15, 0.2) is 0 Å². The summed E-state index contributed by atoms with van der Waals surface area (Å²) in [6.07, 6.45) is 2.19. The number of rotatable bonds is 3. The predicted molar refractivity (Wildman–Crippen MR) is 66.0 cm³/mol. The Labute approximate surface area is 93.8 Å². The number of benzene rings is 1. The molecule has 0 amide bonds. The molecule has 0 unspecified atom stereocenters. The van der Waals surface area contributed by atoms with Crippen LogP contribution in [0.4, 0.5) is 5.69 Å². The highest BCUT2D eigenvalue weighted by atomic mass is 32.1. The number of thiazole rings is 1. The number of nitrogen functional groups attached to an aromatic ring is 1. The van der Waals surface area contributed by atoms with E-state index in [1.165, 1.54) is 5.01 Å². The van der Waals surface area contributed by atoms with Crippen LogP contribution in [0.1, 0.15) is 18.4 Å². The van der Waals surface area contributed by atoms with Crippen molar-refractivity contribution in [3.63, 3.8) is 0 Å². The molecule has 2 aromatic rings. The molecule has 0 aliphatic carbocycles. The zero-order chi connectivity index (χ0) is 10.7. The van der Waals surface area contributed by atoms with Gasteiger partial charge >= 0.3 is 0 Å². The summed E-state index contributed by atoms with van der Waals surface area (Å²) >= 11 is 1.71. The molecule has 78 valence electrons. The van der Waals surface area contributed by atoms with Crippen LogP contribution in [0.25, 0.3) is 11.3 Å². The lowest BCUT2D eigenvalue weighted by Crippen LogP contribution is -1.89. The van der Waals surface area contributed by atoms with Crippen molar-refractivity contribution in [3.8, 4) is 11.3 Å². The molecular formula is C12H14N2S. The molecule has 1 heterocycles. The Morgan fingerprint density at radius 3 is 2.87 bits per heavy atom. The van der Waals surface area contributed by atoms with Crippen LogP contribution < -0.4 is 5.73 Å². The number of aryl methyl sites for hydroxylation is 1. The molecule has 0 fully saturated rings. The number of hydrogen-bond acceptors (Lipinski definition) is 3. The third-order valence-electron chi connectivity index (χ3n) is 2.25. The quantitative estimate of drug-likeness (QED) is 0.802. The molecule has 0 saturated heterocycles. The molecule has 0 aliphatic rings. The van der Waals surface area contributed by atoms with Crippen LogP contribution in [0.3, 0.4) is 0 Å². The van der Waals surface area contributed by atoms with Crippen molar-refractivity contribution in [2.24, 2.45) is 0 Å². The Hall–Kier alpha value is -1.35. The van der Waals surface area contributed by atoms with E-state index in [1.54, 1.807) is 11.3 Å². The van der Waals surface area contributed by atoms with Gasteiger partial charge < -0.3 is 5.73 Å². The maximum atomic E-state index is 5.90. The number of nitrogens with zero attached hydrogens (tertiary/aromatic N) is 1. The molecule has 0 atom stereocenters. The van der Waals surface area contributed by atoms with E-state index in [-0.39, 0.29) is 0 Å². The lowest BCUT2D eigenvalue weighted by atomic mass is 10.1. The maximum Gasteiger partial charge on any atom is 0.0932 e. The molecular weight excluding hydrogens is 204 g/mol. The molecule has 2 nitrogen and oxygen atoms in total. The summed E-state index contributed by atoms with van der Waals surface area (Å²) < 4.78 is 0. The fourth-order valence-corrected chi connectivity index (χ4v) is 2.39. The summed E-state index contributed by atoms with van der Waals surface area (Å²) in [7, 11) is 0. The van der Waals surface area contributed by atoms with Gasteiger partial charge in [-0.3, -0.25) is 0 Å². The van der Waals surface area contributed by atoms with Crippen LogP contribution in [0, 0.1) is 0 Å². The number of aromatic nitrogens is 1. The van der Waals surface area contributed by atoms with Crippen LogP contribution in [0.15, 0.2) is 29.6 Å². The first-order valence-electron chi connectivity index (χ1n) is 5.10. The van der Waals surface area contributed by atoms with E-state index in [9.17, 15) is 0 Å². The van der Waals surface area contributed by atoms with E-state index in [4.69, 9.17) is 5.73 Å². The Balaban J connectivity index is 2.33. The standard InChI is InChI=1S/C12H14N2S/c1-2-5-12-14-11(8-15-12)9-6-3-4-7-10(9)13/h3-4,6-8H,2,5,13H2,1H3. The summed E-state index contributed by atoms with van der Waals surface area (Å²) in [6, 6.07) is 7.86. The van der Waals surface area contributed by atoms with Crippen molar-refractivity contribution in [1.29, 1.82) is 0 Å². The van der Waals surface area contributed by atoms with Crippen molar-refractivity contribution in [1.82, 2.24) is 4.98 Å². The number of hydrogen-bond donors (Lipinski definition) is 1. The first-order chi connectivity index (χ1) is 7.31. The Morgan fingerprint density at radius 1 is 1.33 bits per heavy atom. The van der Waals surface area contributed by atoms with Gasteiger partial charge in [0.2, 0.25) is 0 Å². The highest BCUT2D eigenvalue weighted by molar-refractivity contribution is 7.09. The number of para-hydroxylation sites is 1. The third-order valence-corrected chi connectivity index (χ3v) is 3.16. The molecule has 2 N–H and O–H groups in total. The van der Waals surface area contributed by atoms with Gasteiger partial charge in [0.25, 0.3) is 0 Å². The first-order valence-corrected chi connectivity index (χ1v) is 5.98. The zero-order valence-corrected chi connectivity index (χ0v) is 9.55. The van der Waals surface area contributed by atoms with E-state index >= 15 is 0 Å². The summed E-state index contributed by atoms with van der Waals surface area (Å²) in [5.74, 6) is 0. The van der Waals surface area contributed by atoms with Gasteiger partial charge in [0.05, 0.1) is 10.7 Å². The largest absolute Gasteiger partial charge is 0.398 e. The molecule has 1 aromatic heterocycles. The summed E-state index contributed by atoms with van der Waals surface area (Å²) in [5, 5.41) is 3.27. The fraction of sp³-hybridized carbons (Fsp3) is 0.250. The van der Waals surface area contributed by atoms with Crippen LogP contribution in [-0.4, -0.2) is 4.98 Å². The zero-order valence-electron chi connectivity index (χ0n) is 8.73. The summed E-state index contributed by atoms with van der Waals surface area (Å²) in [5.41, 5.74) is 8.74. The van der Waals surface area contributed by atoms with Crippen molar-refractivity contribution >= 4 is 17.0 Å². The minimum absolute atomic E-state index is 0.797. The normalized spacial score (nSPS) is 10.5. The van der Waals surface area contributed by atoms with E-state index in [1.807, 2.05) is 24.3 Å². The van der Waals surface area contributed by atoms with E-state index < -0.39 is 0 Å². The minimum Gasteiger partial charge on any atom is -0.398 e. The molecule has 15 heavy (non-hydrogen) atoms. The van der Waals surface area contributed by atoms with Gasteiger partial charge in [-0.1, -0.05) is 25.1 Å². The van der Waals surface area contributed by atoms with Crippen molar-refractivity contribution in [3.05, 3.63) is 34.7 Å². The van der Waals surface area contributed by atoms with Crippen LogP contribution in [0.5, 0.6) is 0 Å². The van der Waals surface area contributed by atoms with Crippen molar-refractivity contribution in [2.45, 2.75) is 19.8 Å². The van der Waals surface area contributed by atoms with Crippen LogP contribution in [0.2, 0.25) is 0 Å². The molecule has 1 aromatic carbocycles. The topological polar surface area (TPSA) is 38.9 Å². The average molecular weight is 218 g/mol. The number of nitrogens with two attached hydrogens (primary N) is 1. The molecule has 2 rings (SSSR count). The van der Waals surface area contributed by atoms with Crippen molar-refractivity contribution < 1.29 is 0 Å². The first kappa shape index (κ1) is 10.2. The van der Waals surface area contributed by atoms with E-state index in [0.29, 0.717) is 0 Å². The molecule has 3 heteroatoms. The highest BCUT2D eigenvalue weighted by Gasteiger charge is 2.06. The SMILES string of the molecule is CCCc1nc(-c2ccccc2N)cs1. The van der Waals surface area contributed by atoms with Gasteiger partial charge in [-0.15, -0.1) is 11.3 Å². The maximum absolute atomic E-state index is 5.90.